The summed E-state index contributed by atoms with van der Waals surface area (Å²) in [6.07, 6.45) is 0.460. The first kappa shape index (κ1) is 27.4. The smallest absolute Gasteiger partial charge is 0.247 e. The number of carbonyl (C=O) groups is 1. The number of para-hydroxylation sites is 1. The highest BCUT2D eigenvalue weighted by Gasteiger charge is 2.30. The second kappa shape index (κ2) is 12.8. The van der Waals surface area contributed by atoms with Gasteiger partial charge < -0.3 is 10.1 Å². The predicted octanol–water partition coefficient (Wildman–Crippen LogP) is 6.03. The molecule has 0 spiro atoms. The lowest BCUT2D eigenvalue weighted by molar-refractivity contribution is -0.116. The zero-order chi connectivity index (χ0) is 27.0. The second-order valence-corrected chi connectivity index (χ2v) is 11.7. The van der Waals surface area contributed by atoms with E-state index < -0.39 is 15.9 Å². The maximum atomic E-state index is 13.8. The molecule has 0 saturated carbocycles. The molecule has 0 heterocycles. The third-order valence-electron chi connectivity index (χ3n) is 5.88. The quantitative estimate of drug-likeness (QED) is 0.249. The number of benzene rings is 4. The lowest BCUT2D eigenvalue weighted by Crippen LogP contribution is -2.39. The molecule has 1 amide bonds. The Morgan fingerprint density at radius 1 is 0.895 bits per heavy atom. The molecule has 0 radical (unpaired) electrons. The standard InChI is InChI=1S/C30H30N2O4S2/c1-23-17-18-27(36-2)29(21-23)38(34,35)32(20-19-24-11-5-3-6-12-24)22-30(33)31-26-15-9-10-16-28(26)37-25-13-7-4-8-14-25/h3-18,21H,19-20,22H2,1-2H3,(H,31,33). The fourth-order valence-corrected chi connectivity index (χ4v) is 6.49. The number of aryl methyl sites for hydroxylation is 1. The molecule has 38 heavy (non-hydrogen) atoms. The van der Waals surface area contributed by atoms with Crippen LogP contribution in [0.4, 0.5) is 5.69 Å². The third-order valence-corrected chi connectivity index (χ3v) is 8.83. The van der Waals surface area contributed by atoms with Gasteiger partial charge in [-0.1, -0.05) is 78.5 Å². The fourth-order valence-electron chi connectivity index (χ4n) is 3.93. The molecule has 0 aliphatic rings. The number of anilines is 1. The SMILES string of the molecule is COc1ccc(C)cc1S(=O)(=O)N(CCc1ccccc1)CC(=O)Nc1ccccc1Sc1ccccc1. The van der Waals surface area contributed by atoms with Crippen LogP contribution in [0.2, 0.25) is 0 Å². The van der Waals surface area contributed by atoms with Gasteiger partial charge in [0.15, 0.2) is 0 Å². The number of ether oxygens (including phenoxy) is 1. The van der Waals surface area contributed by atoms with E-state index >= 15 is 0 Å². The molecule has 4 rings (SSSR count). The maximum Gasteiger partial charge on any atom is 0.247 e. The summed E-state index contributed by atoms with van der Waals surface area (Å²) in [6, 6.07) is 32.0. The molecule has 196 valence electrons. The molecule has 0 aromatic heterocycles. The Labute approximate surface area is 228 Å². The van der Waals surface area contributed by atoms with E-state index in [2.05, 4.69) is 5.32 Å². The Hall–Kier alpha value is -3.59. The van der Waals surface area contributed by atoms with Crippen LogP contribution < -0.4 is 10.1 Å². The molecule has 4 aromatic carbocycles. The second-order valence-electron chi connectivity index (χ2n) is 8.69. The van der Waals surface area contributed by atoms with Crippen molar-refractivity contribution in [3.63, 3.8) is 0 Å². The fraction of sp³-hybridized carbons (Fsp3) is 0.167. The van der Waals surface area contributed by atoms with Crippen molar-refractivity contribution < 1.29 is 17.9 Å². The number of nitrogens with one attached hydrogen (secondary N) is 1. The Morgan fingerprint density at radius 2 is 1.55 bits per heavy atom. The Bertz CT molecular complexity index is 1480. The average Bonchev–Trinajstić information content (AvgIpc) is 2.93. The molecule has 0 aliphatic carbocycles. The molecule has 8 heteroatoms. The van der Waals surface area contributed by atoms with Gasteiger partial charge >= 0.3 is 0 Å². The lowest BCUT2D eigenvalue weighted by Gasteiger charge is -2.23. The zero-order valence-corrected chi connectivity index (χ0v) is 23.0. The van der Waals surface area contributed by atoms with Crippen molar-refractivity contribution in [1.29, 1.82) is 0 Å². The Morgan fingerprint density at radius 3 is 2.26 bits per heavy atom. The normalized spacial score (nSPS) is 11.3. The van der Waals surface area contributed by atoms with Crippen molar-refractivity contribution in [2.45, 2.75) is 28.0 Å². The number of hydrogen-bond donors (Lipinski definition) is 1. The minimum absolute atomic E-state index is 0.0425. The van der Waals surface area contributed by atoms with E-state index in [0.29, 0.717) is 12.1 Å². The van der Waals surface area contributed by atoms with Crippen LogP contribution in [0.1, 0.15) is 11.1 Å². The highest BCUT2D eigenvalue weighted by Crippen LogP contribution is 2.33. The van der Waals surface area contributed by atoms with Gasteiger partial charge in [0.1, 0.15) is 10.6 Å². The summed E-state index contributed by atoms with van der Waals surface area (Å²) in [4.78, 5) is 15.2. The van der Waals surface area contributed by atoms with Gasteiger partial charge in [0.05, 0.1) is 19.3 Å². The van der Waals surface area contributed by atoms with Crippen molar-refractivity contribution in [2.24, 2.45) is 0 Å². The molecule has 6 nitrogen and oxygen atoms in total. The van der Waals surface area contributed by atoms with Crippen molar-refractivity contribution in [3.8, 4) is 5.75 Å². The Kier molecular flexibility index (Phi) is 9.23. The van der Waals surface area contributed by atoms with Gasteiger partial charge in [-0.25, -0.2) is 8.42 Å². The van der Waals surface area contributed by atoms with Crippen molar-refractivity contribution >= 4 is 33.4 Å². The largest absolute Gasteiger partial charge is 0.495 e. The van der Waals surface area contributed by atoms with Crippen LogP contribution in [0.15, 0.2) is 118 Å². The highest BCUT2D eigenvalue weighted by atomic mass is 32.2. The maximum absolute atomic E-state index is 13.8. The molecule has 0 bridgehead atoms. The highest BCUT2D eigenvalue weighted by molar-refractivity contribution is 7.99. The zero-order valence-electron chi connectivity index (χ0n) is 21.3. The first-order valence-electron chi connectivity index (χ1n) is 12.2. The van der Waals surface area contributed by atoms with Crippen LogP contribution in [0.3, 0.4) is 0 Å². The lowest BCUT2D eigenvalue weighted by atomic mass is 10.1. The number of methoxy groups -OCH3 is 1. The summed E-state index contributed by atoms with van der Waals surface area (Å²) >= 11 is 1.53. The van der Waals surface area contributed by atoms with E-state index in [9.17, 15) is 13.2 Å². The summed E-state index contributed by atoms with van der Waals surface area (Å²) in [6.45, 7) is 1.62. The summed E-state index contributed by atoms with van der Waals surface area (Å²) in [5, 5.41) is 2.93. The van der Waals surface area contributed by atoms with E-state index in [1.807, 2.05) is 91.9 Å². The summed E-state index contributed by atoms with van der Waals surface area (Å²) in [5.74, 6) is -0.181. The van der Waals surface area contributed by atoms with Gasteiger partial charge in [-0.15, -0.1) is 0 Å². The monoisotopic (exact) mass is 546 g/mol. The van der Waals surface area contributed by atoms with Crippen molar-refractivity contribution in [1.82, 2.24) is 4.31 Å². The van der Waals surface area contributed by atoms with Gasteiger partial charge in [0, 0.05) is 16.3 Å². The minimum Gasteiger partial charge on any atom is -0.495 e. The van der Waals surface area contributed by atoms with Crippen molar-refractivity contribution in [3.05, 3.63) is 114 Å². The van der Waals surface area contributed by atoms with E-state index in [1.54, 1.807) is 18.2 Å². The topological polar surface area (TPSA) is 75.7 Å². The van der Waals surface area contributed by atoms with E-state index in [1.165, 1.54) is 23.2 Å². The van der Waals surface area contributed by atoms with Gasteiger partial charge in [-0.05, 0) is 60.9 Å². The van der Waals surface area contributed by atoms with Gasteiger partial charge in [0.2, 0.25) is 15.9 Å². The van der Waals surface area contributed by atoms with Crippen molar-refractivity contribution in [2.75, 3.05) is 25.5 Å². The van der Waals surface area contributed by atoms with Crippen LogP contribution in [0.25, 0.3) is 0 Å². The Balaban J connectivity index is 1.59. The molecule has 0 atom stereocenters. The van der Waals surface area contributed by atoms with Crippen LogP contribution in [0, 0.1) is 6.92 Å². The number of hydrogen-bond acceptors (Lipinski definition) is 5. The number of rotatable bonds is 11. The first-order valence-corrected chi connectivity index (χ1v) is 14.4. The molecular weight excluding hydrogens is 516 g/mol. The molecule has 0 saturated heterocycles. The number of sulfonamides is 1. The van der Waals surface area contributed by atoms with Crippen LogP contribution in [0.5, 0.6) is 5.75 Å². The minimum atomic E-state index is -4.04. The summed E-state index contributed by atoms with van der Waals surface area (Å²) in [5.41, 5.74) is 2.39. The molecule has 4 aromatic rings. The number of nitrogens with zero attached hydrogens (tertiary/aromatic N) is 1. The molecule has 0 aliphatic heterocycles. The van der Waals surface area contributed by atoms with E-state index in [-0.39, 0.29) is 23.7 Å². The molecule has 1 N–H and O–H groups in total. The predicted molar refractivity (Wildman–Crippen MR) is 152 cm³/mol. The summed E-state index contributed by atoms with van der Waals surface area (Å²) in [7, 11) is -2.60. The summed E-state index contributed by atoms with van der Waals surface area (Å²) < 4.78 is 34.3. The van der Waals surface area contributed by atoms with Gasteiger partial charge in [0.25, 0.3) is 0 Å². The van der Waals surface area contributed by atoms with Gasteiger partial charge in [-0.3, -0.25) is 4.79 Å². The van der Waals surface area contributed by atoms with E-state index in [0.717, 1.165) is 20.9 Å². The van der Waals surface area contributed by atoms with Crippen LogP contribution in [-0.2, 0) is 21.2 Å². The number of carbonyl (C=O) groups excluding carboxylic acids is 1. The molecule has 0 fully saturated rings. The third kappa shape index (κ3) is 7.04. The van der Waals surface area contributed by atoms with Crippen LogP contribution in [-0.4, -0.2) is 38.8 Å². The van der Waals surface area contributed by atoms with Crippen LogP contribution >= 0.6 is 11.8 Å². The molecular formula is C30H30N2O4S2. The van der Waals surface area contributed by atoms with E-state index in [4.69, 9.17) is 4.74 Å². The van der Waals surface area contributed by atoms with Gasteiger partial charge in [-0.2, -0.15) is 4.31 Å². The average molecular weight is 547 g/mol. The number of amides is 1. The molecule has 0 unspecified atom stereocenters. The first-order chi connectivity index (χ1) is 18.4.